The molecule has 2 aliphatic rings. The Morgan fingerprint density at radius 1 is 1.22 bits per heavy atom. The van der Waals surface area contributed by atoms with Crippen LogP contribution < -0.4 is 16.0 Å². The second-order valence-electron chi connectivity index (χ2n) is 11.1. The van der Waals surface area contributed by atoms with Crippen LogP contribution in [0.1, 0.15) is 46.5 Å². The second-order valence-corrected chi connectivity index (χ2v) is 11.5. The molecule has 2 fully saturated rings. The molecule has 2 atom stereocenters. The van der Waals surface area contributed by atoms with Crippen molar-refractivity contribution in [3.05, 3.63) is 35.7 Å². The van der Waals surface area contributed by atoms with Crippen LogP contribution in [0.15, 0.2) is 30.7 Å². The molecule has 9 nitrogen and oxygen atoms in total. The first-order valence-corrected chi connectivity index (χ1v) is 12.9. The van der Waals surface area contributed by atoms with E-state index in [1.165, 1.54) is 0 Å². The van der Waals surface area contributed by atoms with Crippen LogP contribution in [0.4, 0.5) is 5.82 Å². The monoisotopic (exact) mass is 506 g/mol. The number of fused-ring (bicyclic) bond motifs is 4. The molecule has 6 rings (SSSR count). The van der Waals surface area contributed by atoms with Crippen molar-refractivity contribution in [3.63, 3.8) is 0 Å². The lowest BCUT2D eigenvalue weighted by Crippen LogP contribution is -2.47. The first-order chi connectivity index (χ1) is 17.2. The second kappa shape index (κ2) is 8.45. The van der Waals surface area contributed by atoms with E-state index in [9.17, 15) is 4.79 Å². The Hall–Kier alpha value is -3.17. The summed E-state index contributed by atoms with van der Waals surface area (Å²) in [7, 11) is 0. The minimum Gasteiger partial charge on any atom is -0.350 e. The first-order valence-electron chi connectivity index (χ1n) is 12.5. The van der Waals surface area contributed by atoms with Crippen molar-refractivity contribution in [2.45, 2.75) is 76.7 Å². The third-order valence-corrected chi connectivity index (χ3v) is 7.59. The number of anilines is 1. The molecule has 5 heterocycles. The summed E-state index contributed by atoms with van der Waals surface area (Å²) < 4.78 is 1.63. The SMILES string of the molecule is CC(C)(C)NC(=O)Cn1cc2c(Cl)c(-c3c[nH]c4nc(N5[C@@H]6CC[C@@H]5CC(N)C6)cnc34)ccc2n1. The molecular weight excluding hydrogens is 476 g/mol. The number of hydrogen-bond donors (Lipinski definition) is 3. The average molecular weight is 507 g/mol. The Kier molecular flexibility index (Phi) is 5.46. The average Bonchev–Trinajstić information content (AvgIpc) is 3.47. The molecule has 2 saturated heterocycles. The standard InChI is InChI=1S/C26H31ClN8O/c1-26(2,3)32-22(36)13-34-12-19-20(33-34)7-6-17(23(19)27)18-10-30-25-24(18)29-11-21(31-25)35-15-4-5-16(35)9-14(28)8-15/h6-7,10-12,14-16H,4-5,8-9,13,28H2,1-3H3,(H,30,31)(H,32,36)/t15-,16-/m1/s1. The number of benzene rings is 1. The van der Waals surface area contributed by atoms with Crippen molar-refractivity contribution >= 4 is 45.4 Å². The van der Waals surface area contributed by atoms with Crippen molar-refractivity contribution < 1.29 is 4.79 Å². The number of nitrogens with one attached hydrogen (secondary N) is 2. The zero-order chi connectivity index (χ0) is 25.2. The van der Waals surface area contributed by atoms with E-state index in [1.807, 2.05) is 51.5 Å². The number of nitrogens with zero attached hydrogens (tertiary/aromatic N) is 5. The maximum atomic E-state index is 12.4. The van der Waals surface area contributed by atoms with Gasteiger partial charge in [0.05, 0.1) is 16.7 Å². The van der Waals surface area contributed by atoms with Gasteiger partial charge < -0.3 is 20.9 Å². The largest absolute Gasteiger partial charge is 0.350 e. The predicted octanol–water partition coefficient (Wildman–Crippen LogP) is 4.00. The number of nitrogens with two attached hydrogens (primary N) is 1. The van der Waals surface area contributed by atoms with Crippen LogP contribution >= 0.6 is 11.6 Å². The van der Waals surface area contributed by atoms with Crippen LogP contribution in [-0.2, 0) is 11.3 Å². The van der Waals surface area contributed by atoms with Gasteiger partial charge in [0.25, 0.3) is 0 Å². The number of aromatic amines is 1. The summed E-state index contributed by atoms with van der Waals surface area (Å²) in [5.74, 6) is 0.810. The normalized spacial score (nSPS) is 22.0. The van der Waals surface area contributed by atoms with Crippen LogP contribution in [0.2, 0.25) is 5.02 Å². The fourth-order valence-electron chi connectivity index (χ4n) is 5.81. The summed E-state index contributed by atoms with van der Waals surface area (Å²) >= 11 is 6.87. The Morgan fingerprint density at radius 2 is 1.97 bits per heavy atom. The van der Waals surface area contributed by atoms with Gasteiger partial charge in [0.2, 0.25) is 5.91 Å². The van der Waals surface area contributed by atoms with Gasteiger partial charge in [-0.3, -0.25) is 9.48 Å². The van der Waals surface area contributed by atoms with Gasteiger partial charge in [0.1, 0.15) is 17.9 Å². The minimum atomic E-state index is -0.300. The molecule has 1 amide bonds. The zero-order valence-corrected chi connectivity index (χ0v) is 21.5. The molecule has 1 aromatic carbocycles. The quantitative estimate of drug-likeness (QED) is 0.385. The van der Waals surface area contributed by atoms with E-state index in [2.05, 4.69) is 20.3 Å². The zero-order valence-electron chi connectivity index (χ0n) is 20.8. The van der Waals surface area contributed by atoms with Crippen LogP contribution in [0.5, 0.6) is 0 Å². The van der Waals surface area contributed by atoms with Crippen LogP contribution in [0, 0.1) is 0 Å². The summed E-state index contributed by atoms with van der Waals surface area (Å²) in [5, 5.41) is 8.86. The van der Waals surface area contributed by atoms with E-state index in [0.29, 0.717) is 17.1 Å². The van der Waals surface area contributed by atoms with Crippen LogP contribution in [-0.4, -0.2) is 54.3 Å². The summed E-state index contributed by atoms with van der Waals surface area (Å²) in [6.45, 7) is 5.98. The molecule has 0 unspecified atom stereocenters. The number of hydrogen-bond acceptors (Lipinski definition) is 6. The maximum Gasteiger partial charge on any atom is 0.242 e. The van der Waals surface area contributed by atoms with Gasteiger partial charge in [0.15, 0.2) is 5.65 Å². The Bertz CT molecular complexity index is 1450. The van der Waals surface area contributed by atoms with Gasteiger partial charge >= 0.3 is 0 Å². The lowest BCUT2D eigenvalue weighted by atomic mass is 9.98. The molecule has 0 aliphatic carbocycles. The number of amides is 1. The van der Waals surface area contributed by atoms with Crippen LogP contribution in [0.3, 0.4) is 0 Å². The molecule has 3 aromatic heterocycles. The molecule has 0 radical (unpaired) electrons. The third kappa shape index (κ3) is 4.10. The van der Waals surface area contributed by atoms with E-state index < -0.39 is 0 Å². The Balaban J connectivity index is 1.30. The van der Waals surface area contributed by atoms with Gasteiger partial charge in [-0.2, -0.15) is 5.10 Å². The number of rotatable bonds is 4. The Labute approximate surface area is 214 Å². The first kappa shape index (κ1) is 23.2. The number of carbonyl (C=O) groups is 1. The van der Waals surface area contributed by atoms with Crippen molar-refractivity contribution in [3.8, 4) is 11.1 Å². The highest BCUT2D eigenvalue weighted by Gasteiger charge is 2.40. The molecule has 4 N–H and O–H groups in total. The van der Waals surface area contributed by atoms with Crippen LogP contribution in [0.25, 0.3) is 33.2 Å². The van der Waals surface area contributed by atoms with Crippen molar-refractivity contribution in [1.29, 1.82) is 0 Å². The summed E-state index contributed by atoms with van der Waals surface area (Å²) in [4.78, 5) is 27.8. The molecule has 10 heteroatoms. The highest BCUT2D eigenvalue weighted by atomic mass is 35.5. The van der Waals surface area contributed by atoms with Gasteiger partial charge in [-0.05, 0) is 52.5 Å². The smallest absolute Gasteiger partial charge is 0.242 e. The lowest BCUT2D eigenvalue weighted by molar-refractivity contribution is -0.123. The number of halogens is 1. The van der Waals surface area contributed by atoms with Gasteiger partial charge in [-0.1, -0.05) is 17.7 Å². The number of carbonyl (C=O) groups excluding carboxylic acids is 1. The van der Waals surface area contributed by atoms with Crippen molar-refractivity contribution in [2.24, 2.45) is 5.73 Å². The molecule has 36 heavy (non-hydrogen) atoms. The highest BCUT2D eigenvalue weighted by molar-refractivity contribution is 6.38. The van der Waals surface area contributed by atoms with Crippen molar-refractivity contribution in [2.75, 3.05) is 4.90 Å². The molecule has 4 aromatic rings. The molecule has 188 valence electrons. The molecule has 0 spiro atoms. The highest BCUT2D eigenvalue weighted by Crippen LogP contribution is 2.40. The van der Waals surface area contributed by atoms with Gasteiger partial charge in [-0.15, -0.1) is 0 Å². The predicted molar refractivity (Wildman–Crippen MR) is 142 cm³/mol. The van der Waals surface area contributed by atoms with E-state index >= 15 is 0 Å². The number of H-pyrrole nitrogens is 1. The minimum absolute atomic E-state index is 0.0986. The maximum absolute atomic E-state index is 12.4. The van der Waals surface area contributed by atoms with Gasteiger partial charge in [-0.25, -0.2) is 9.97 Å². The summed E-state index contributed by atoms with van der Waals surface area (Å²) in [6, 6.07) is 5.03. The number of aromatic nitrogens is 5. The summed E-state index contributed by atoms with van der Waals surface area (Å²) in [5.41, 5.74) is 9.93. The fraction of sp³-hybridized carbons (Fsp3) is 0.462. The lowest BCUT2D eigenvalue weighted by Gasteiger charge is -2.38. The fourth-order valence-corrected chi connectivity index (χ4v) is 6.12. The molecule has 2 bridgehead atoms. The van der Waals surface area contributed by atoms with Gasteiger partial charge in [0, 0.05) is 52.6 Å². The van der Waals surface area contributed by atoms with Crippen molar-refractivity contribution in [1.82, 2.24) is 30.0 Å². The van der Waals surface area contributed by atoms with E-state index in [0.717, 1.165) is 64.7 Å². The van der Waals surface area contributed by atoms with E-state index in [4.69, 9.17) is 27.3 Å². The summed E-state index contributed by atoms with van der Waals surface area (Å²) in [6.07, 6.45) is 9.94. The van der Waals surface area contributed by atoms with E-state index in [-0.39, 0.29) is 24.0 Å². The molecule has 2 aliphatic heterocycles. The molecule has 0 saturated carbocycles. The Morgan fingerprint density at radius 3 is 2.69 bits per heavy atom. The van der Waals surface area contributed by atoms with E-state index in [1.54, 1.807) is 4.68 Å². The molecular formula is C26H31ClN8O. The topological polar surface area (TPSA) is 118 Å². The number of piperidine rings is 1. The third-order valence-electron chi connectivity index (χ3n) is 7.18.